The van der Waals surface area contributed by atoms with E-state index >= 15 is 0 Å². The molecule has 1 atom stereocenters. The van der Waals surface area contributed by atoms with Gasteiger partial charge in [0.15, 0.2) is 0 Å². The number of rotatable bonds is 3. The zero-order valence-corrected chi connectivity index (χ0v) is 14.7. The van der Waals surface area contributed by atoms with Crippen molar-refractivity contribution in [2.45, 2.75) is 25.3 Å². The number of piperidine rings is 1. The van der Waals surface area contributed by atoms with Crippen LogP contribution in [-0.2, 0) is 6.42 Å². The predicted octanol–water partition coefficient (Wildman–Crippen LogP) is 4.14. The van der Waals surface area contributed by atoms with Crippen molar-refractivity contribution in [2.75, 3.05) is 18.0 Å². The molecule has 3 nitrogen and oxygen atoms in total. The van der Waals surface area contributed by atoms with Gasteiger partial charge >= 0.3 is 0 Å². The van der Waals surface area contributed by atoms with Crippen molar-refractivity contribution in [3.8, 4) is 0 Å². The Morgan fingerprint density at radius 1 is 1.00 bits per heavy atom. The second-order valence-electron chi connectivity index (χ2n) is 7.31. The molecule has 5 rings (SSSR count). The molecule has 26 heavy (non-hydrogen) atoms. The lowest BCUT2D eigenvalue weighted by molar-refractivity contribution is 0.0979. The van der Waals surface area contributed by atoms with Crippen LogP contribution < -0.4 is 10.2 Å². The van der Waals surface area contributed by atoms with Gasteiger partial charge < -0.3 is 10.2 Å². The maximum absolute atomic E-state index is 13.1. The molecule has 1 fully saturated rings. The van der Waals surface area contributed by atoms with Crippen LogP contribution in [0.2, 0.25) is 0 Å². The number of nitrogens with one attached hydrogen (secondary N) is 1. The number of carbonyl (C=O) groups excluding carboxylic acids is 1. The normalized spacial score (nSPS) is 19.3. The Kier molecular flexibility index (Phi) is 3.75. The maximum Gasteiger partial charge on any atom is 0.259 e. The summed E-state index contributed by atoms with van der Waals surface area (Å²) in [7, 11) is 0. The second-order valence-corrected chi connectivity index (χ2v) is 7.31. The molecule has 2 aliphatic heterocycles. The van der Waals surface area contributed by atoms with Gasteiger partial charge in [0.05, 0.1) is 5.69 Å². The monoisotopic (exact) mass is 342 g/mol. The molecule has 0 radical (unpaired) electrons. The number of benzene rings is 3. The largest absolute Gasteiger partial charge is 0.315 e. The molecular formula is C23H22N2O. The minimum atomic E-state index is 0.163. The van der Waals surface area contributed by atoms with Crippen molar-refractivity contribution in [2.24, 2.45) is 0 Å². The van der Waals surface area contributed by atoms with Crippen molar-refractivity contribution in [1.82, 2.24) is 5.32 Å². The van der Waals surface area contributed by atoms with Crippen molar-refractivity contribution in [3.63, 3.8) is 0 Å². The van der Waals surface area contributed by atoms with Crippen LogP contribution in [0.3, 0.4) is 0 Å². The Morgan fingerprint density at radius 3 is 2.69 bits per heavy atom. The fourth-order valence-corrected chi connectivity index (χ4v) is 4.45. The van der Waals surface area contributed by atoms with Gasteiger partial charge in [0.25, 0.3) is 5.91 Å². The topological polar surface area (TPSA) is 32.3 Å². The summed E-state index contributed by atoms with van der Waals surface area (Å²) in [4.78, 5) is 15.2. The van der Waals surface area contributed by atoms with E-state index in [9.17, 15) is 4.79 Å². The molecule has 2 heterocycles. The van der Waals surface area contributed by atoms with Gasteiger partial charge in [-0.1, -0.05) is 48.5 Å². The quantitative estimate of drug-likeness (QED) is 0.776. The fourth-order valence-electron chi connectivity index (χ4n) is 4.45. The van der Waals surface area contributed by atoms with E-state index in [-0.39, 0.29) is 11.9 Å². The van der Waals surface area contributed by atoms with Gasteiger partial charge in [-0.25, -0.2) is 0 Å². The molecule has 0 bridgehead atoms. The molecule has 1 amide bonds. The Bertz CT molecular complexity index is 974. The summed E-state index contributed by atoms with van der Waals surface area (Å²) in [6.45, 7) is 1.93. The summed E-state index contributed by atoms with van der Waals surface area (Å²) >= 11 is 0. The van der Waals surface area contributed by atoms with Gasteiger partial charge in [-0.15, -0.1) is 0 Å². The first-order valence-electron chi connectivity index (χ1n) is 9.46. The highest BCUT2D eigenvalue weighted by molar-refractivity contribution is 6.25. The molecule has 0 spiro atoms. The molecule has 2 aliphatic rings. The molecule has 0 aliphatic carbocycles. The molecule has 1 N–H and O–H groups in total. The highest BCUT2D eigenvalue weighted by Gasteiger charge is 2.35. The molecule has 3 aromatic carbocycles. The van der Waals surface area contributed by atoms with Crippen LogP contribution in [-0.4, -0.2) is 25.0 Å². The van der Waals surface area contributed by atoms with E-state index < -0.39 is 0 Å². The third kappa shape index (κ3) is 2.43. The molecule has 0 saturated carbocycles. The maximum atomic E-state index is 13.1. The molecule has 3 aromatic rings. The lowest BCUT2D eigenvalue weighted by atomic mass is 9.96. The number of amides is 1. The predicted molar refractivity (Wildman–Crippen MR) is 106 cm³/mol. The number of carbonyl (C=O) groups is 1. The zero-order valence-electron chi connectivity index (χ0n) is 14.7. The smallest absolute Gasteiger partial charge is 0.259 e. The Labute approximate surface area is 153 Å². The van der Waals surface area contributed by atoms with Crippen LogP contribution in [0.1, 0.15) is 34.3 Å². The van der Waals surface area contributed by atoms with E-state index in [1.54, 1.807) is 0 Å². The number of hydrogen-bond acceptors (Lipinski definition) is 2. The third-order valence-corrected chi connectivity index (χ3v) is 5.69. The number of hydrogen-bond donors (Lipinski definition) is 1. The van der Waals surface area contributed by atoms with E-state index in [4.69, 9.17) is 0 Å². The van der Waals surface area contributed by atoms with E-state index in [1.807, 2.05) is 23.1 Å². The van der Waals surface area contributed by atoms with Crippen LogP contribution in [0.5, 0.6) is 0 Å². The molecular weight excluding hydrogens is 320 g/mol. The summed E-state index contributed by atoms with van der Waals surface area (Å²) < 4.78 is 0. The van der Waals surface area contributed by atoms with Gasteiger partial charge in [-0.05, 0) is 54.5 Å². The minimum absolute atomic E-state index is 0.163. The van der Waals surface area contributed by atoms with E-state index in [1.165, 1.54) is 16.5 Å². The standard InChI is InChI=1S/C23H22N2O/c26-23-20-10-4-9-19-17(14-16-6-2-1-3-7-16)11-12-21(22(19)20)25(23)18-8-5-13-24-15-18/h1-4,6-7,9-12,18,24H,5,8,13-15H2. The lowest BCUT2D eigenvalue weighted by Gasteiger charge is -2.32. The van der Waals surface area contributed by atoms with Gasteiger partial charge in [-0.3, -0.25) is 4.79 Å². The summed E-state index contributed by atoms with van der Waals surface area (Å²) in [5.74, 6) is 0.163. The molecule has 3 heteroatoms. The van der Waals surface area contributed by atoms with E-state index in [0.717, 1.165) is 49.0 Å². The Morgan fingerprint density at radius 2 is 1.88 bits per heavy atom. The van der Waals surface area contributed by atoms with Crippen LogP contribution >= 0.6 is 0 Å². The SMILES string of the molecule is O=C1c2cccc3c(Cc4ccccc4)ccc(c23)N1C1CCCNC1. The zero-order chi connectivity index (χ0) is 17.5. The van der Waals surface area contributed by atoms with Crippen molar-refractivity contribution in [1.29, 1.82) is 0 Å². The summed E-state index contributed by atoms with van der Waals surface area (Å²) in [6, 6.07) is 21.3. The van der Waals surface area contributed by atoms with Gasteiger partial charge in [-0.2, -0.15) is 0 Å². The first-order valence-corrected chi connectivity index (χ1v) is 9.46. The number of anilines is 1. The highest BCUT2D eigenvalue weighted by atomic mass is 16.2. The summed E-state index contributed by atoms with van der Waals surface area (Å²) in [5.41, 5.74) is 4.53. The fraction of sp³-hybridized carbons (Fsp3) is 0.261. The van der Waals surface area contributed by atoms with Crippen molar-refractivity contribution >= 4 is 22.4 Å². The van der Waals surface area contributed by atoms with Crippen LogP contribution in [0.25, 0.3) is 10.8 Å². The first-order chi connectivity index (χ1) is 12.8. The van der Waals surface area contributed by atoms with Crippen LogP contribution in [0.4, 0.5) is 5.69 Å². The average molecular weight is 342 g/mol. The number of nitrogens with zero attached hydrogens (tertiary/aromatic N) is 1. The Hall–Kier alpha value is -2.65. The van der Waals surface area contributed by atoms with E-state index in [0.29, 0.717) is 0 Å². The summed E-state index contributed by atoms with van der Waals surface area (Å²) in [5, 5.41) is 5.79. The van der Waals surface area contributed by atoms with Crippen molar-refractivity contribution in [3.05, 3.63) is 77.4 Å². The van der Waals surface area contributed by atoms with Gasteiger partial charge in [0, 0.05) is 23.5 Å². The van der Waals surface area contributed by atoms with E-state index in [2.05, 4.69) is 47.8 Å². The van der Waals surface area contributed by atoms with Crippen LogP contribution in [0, 0.1) is 0 Å². The molecule has 1 saturated heterocycles. The lowest BCUT2D eigenvalue weighted by Crippen LogP contribution is -2.47. The molecule has 0 aromatic heterocycles. The average Bonchev–Trinajstić information content (AvgIpc) is 2.99. The van der Waals surface area contributed by atoms with Gasteiger partial charge in [0.2, 0.25) is 0 Å². The second kappa shape index (κ2) is 6.26. The highest BCUT2D eigenvalue weighted by Crippen LogP contribution is 2.41. The Balaban J connectivity index is 1.61. The van der Waals surface area contributed by atoms with Crippen molar-refractivity contribution < 1.29 is 4.79 Å². The third-order valence-electron chi connectivity index (χ3n) is 5.69. The first kappa shape index (κ1) is 15.6. The van der Waals surface area contributed by atoms with Crippen LogP contribution in [0.15, 0.2) is 60.7 Å². The van der Waals surface area contributed by atoms with Gasteiger partial charge in [0.1, 0.15) is 0 Å². The minimum Gasteiger partial charge on any atom is -0.315 e. The molecule has 130 valence electrons. The molecule has 1 unspecified atom stereocenters. The summed E-state index contributed by atoms with van der Waals surface area (Å²) in [6.07, 6.45) is 3.08.